The Hall–Kier alpha value is -1.46. The van der Waals surface area contributed by atoms with E-state index in [0.29, 0.717) is 16.3 Å². The van der Waals surface area contributed by atoms with Crippen molar-refractivity contribution in [3.05, 3.63) is 27.7 Å². The van der Waals surface area contributed by atoms with Crippen LogP contribution in [0.15, 0.2) is 17.2 Å². The number of ether oxygens (including phenoxy) is 1. The number of methoxy groups -OCH3 is 1. The summed E-state index contributed by atoms with van der Waals surface area (Å²) in [5, 5.41) is 13.9. The maximum Gasteiger partial charge on any atom is 0.427 e. The summed E-state index contributed by atoms with van der Waals surface area (Å²) in [5.41, 5.74) is 2.80. The summed E-state index contributed by atoms with van der Waals surface area (Å²) in [5.74, 6) is -0.149. The second-order valence-corrected chi connectivity index (χ2v) is 3.93. The average Bonchev–Trinajstić information content (AvgIpc) is 2.30. The third-order valence-corrected chi connectivity index (χ3v) is 2.42. The fraction of sp³-hybridized carbons (Fsp3) is 0.200. The van der Waals surface area contributed by atoms with E-state index in [0.717, 1.165) is 0 Å². The van der Waals surface area contributed by atoms with Crippen molar-refractivity contribution in [1.82, 2.24) is 5.43 Å². The number of phenolic OH excluding ortho intramolecular Hbond substituents is 1. The van der Waals surface area contributed by atoms with Gasteiger partial charge in [0.1, 0.15) is 5.75 Å². The highest BCUT2D eigenvalue weighted by Gasteiger charge is 2.11. The molecule has 17 heavy (non-hydrogen) atoms. The number of halogens is 2. The molecule has 0 atom stereocenters. The molecule has 0 saturated heterocycles. The molecule has 5 nitrogen and oxygen atoms in total. The number of phenols is 1. The van der Waals surface area contributed by atoms with Crippen LogP contribution in [0.1, 0.15) is 12.5 Å². The molecule has 0 heterocycles. The molecule has 0 unspecified atom stereocenters. The van der Waals surface area contributed by atoms with Crippen molar-refractivity contribution in [2.24, 2.45) is 5.10 Å². The minimum atomic E-state index is -0.711. The summed E-state index contributed by atoms with van der Waals surface area (Å²) in [6.07, 6.45) is -0.711. The fourth-order valence-electron chi connectivity index (χ4n) is 1.08. The normalized spacial score (nSPS) is 11.2. The van der Waals surface area contributed by atoms with E-state index >= 15 is 0 Å². The van der Waals surface area contributed by atoms with Crippen LogP contribution in [0.3, 0.4) is 0 Å². The molecule has 1 amide bonds. The lowest BCUT2D eigenvalue weighted by Crippen LogP contribution is -2.18. The van der Waals surface area contributed by atoms with E-state index in [2.05, 4.69) is 15.3 Å². The van der Waals surface area contributed by atoms with Gasteiger partial charge in [-0.25, -0.2) is 10.2 Å². The monoisotopic (exact) mass is 276 g/mol. The number of nitrogens with one attached hydrogen (secondary N) is 1. The number of hydrogen-bond donors (Lipinski definition) is 2. The number of aromatic hydroxyl groups is 1. The second-order valence-electron chi connectivity index (χ2n) is 3.08. The molecule has 92 valence electrons. The Balaban J connectivity index is 3.03. The summed E-state index contributed by atoms with van der Waals surface area (Å²) in [7, 11) is 1.22. The minimum Gasteiger partial charge on any atom is -0.506 e. The van der Waals surface area contributed by atoms with Gasteiger partial charge in [0.15, 0.2) is 0 Å². The molecule has 1 rings (SSSR count). The van der Waals surface area contributed by atoms with Crippen LogP contribution in [0.2, 0.25) is 10.0 Å². The highest BCUT2D eigenvalue weighted by Crippen LogP contribution is 2.31. The average molecular weight is 277 g/mol. The molecule has 0 radical (unpaired) electrons. The van der Waals surface area contributed by atoms with E-state index in [-0.39, 0.29) is 10.8 Å². The highest BCUT2D eigenvalue weighted by atomic mass is 35.5. The number of hydrogen-bond acceptors (Lipinski definition) is 4. The van der Waals surface area contributed by atoms with Crippen LogP contribution in [-0.4, -0.2) is 24.0 Å². The Morgan fingerprint density at radius 1 is 1.47 bits per heavy atom. The first kappa shape index (κ1) is 13.6. The summed E-state index contributed by atoms with van der Waals surface area (Å²) in [4.78, 5) is 10.8. The summed E-state index contributed by atoms with van der Waals surface area (Å²) >= 11 is 11.5. The summed E-state index contributed by atoms with van der Waals surface area (Å²) in [6, 6.07) is 2.89. The zero-order valence-electron chi connectivity index (χ0n) is 9.12. The van der Waals surface area contributed by atoms with E-state index in [1.807, 2.05) is 0 Å². The highest BCUT2D eigenvalue weighted by molar-refractivity contribution is 6.36. The lowest BCUT2D eigenvalue weighted by molar-refractivity contribution is 0.171. The maximum absolute atomic E-state index is 10.8. The topological polar surface area (TPSA) is 70.9 Å². The van der Waals surface area contributed by atoms with Crippen LogP contribution in [0.25, 0.3) is 0 Å². The van der Waals surface area contributed by atoms with Crippen LogP contribution in [0.5, 0.6) is 5.75 Å². The van der Waals surface area contributed by atoms with Crippen molar-refractivity contribution in [2.75, 3.05) is 7.11 Å². The molecular weight excluding hydrogens is 267 g/mol. The molecule has 2 N–H and O–H groups in total. The molecule has 0 spiro atoms. The van der Waals surface area contributed by atoms with Crippen LogP contribution < -0.4 is 5.43 Å². The van der Waals surface area contributed by atoms with E-state index in [4.69, 9.17) is 23.2 Å². The Morgan fingerprint density at radius 2 is 2.12 bits per heavy atom. The Bertz CT molecular complexity index is 475. The standard InChI is InChI=1S/C10H10Cl2N2O3/c1-5(13-14-10(16)17-2)7-3-6(11)4-8(12)9(7)15/h3-4,15H,1-2H3,(H,14,16)/b13-5+. The third-order valence-electron chi connectivity index (χ3n) is 1.92. The number of hydrazone groups is 1. The maximum atomic E-state index is 10.8. The quantitative estimate of drug-likeness (QED) is 0.645. The van der Waals surface area contributed by atoms with Gasteiger partial charge in [-0.15, -0.1) is 0 Å². The first-order valence-corrected chi connectivity index (χ1v) is 5.28. The van der Waals surface area contributed by atoms with Crippen molar-refractivity contribution >= 4 is 35.0 Å². The minimum absolute atomic E-state index is 0.111. The summed E-state index contributed by atoms with van der Waals surface area (Å²) < 4.78 is 4.34. The van der Waals surface area contributed by atoms with Gasteiger partial charge >= 0.3 is 6.09 Å². The number of carbonyl (C=O) groups excluding carboxylic acids is 1. The van der Waals surface area contributed by atoms with Crippen LogP contribution in [0, 0.1) is 0 Å². The number of amides is 1. The molecule has 0 aliphatic carbocycles. The second kappa shape index (κ2) is 5.75. The van der Waals surface area contributed by atoms with Crippen molar-refractivity contribution in [3.63, 3.8) is 0 Å². The van der Waals surface area contributed by atoms with Crippen LogP contribution >= 0.6 is 23.2 Å². The Morgan fingerprint density at radius 3 is 2.71 bits per heavy atom. The van der Waals surface area contributed by atoms with E-state index in [9.17, 15) is 9.90 Å². The molecule has 0 aromatic heterocycles. The van der Waals surface area contributed by atoms with E-state index < -0.39 is 6.09 Å². The van der Waals surface area contributed by atoms with Crippen LogP contribution in [0.4, 0.5) is 4.79 Å². The van der Waals surface area contributed by atoms with Gasteiger partial charge in [0, 0.05) is 10.6 Å². The molecular formula is C10H10Cl2N2O3. The SMILES string of the molecule is COC(=O)N/N=C(\C)c1cc(Cl)cc(Cl)c1O. The first-order chi connectivity index (χ1) is 7.95. The van der Waals surface area contributed by atoms with Crippen molar-refractivity contribution < 1.29 is 14.6 Å². The molecule has 0 aliphatic heterocycles. The zero-order valence-corrected chi connectivity index (χ0v) is 10.6. The van der Waals surface area contributed by atoms with Gasteiger partial charge in [-0.2, -0.15) is 5.10 Å². The molecule has 0 bridgehead atoms. The van der Waals surface area contributed by atoms with Gasteiger partial charge in [-0.1, -0.05) is 23.2 Å². The lowest BCUT2D eigenvalue weighted by atomic mass is 10.1. The fourth-order valence-corrected chi connectivity index (χ4v) is 1.57. The smallest absolute Gasteiger partial charge is 0.427 e. The van der Waals surface area contributed by atoms with E-state index in [1.54, 1.807) is 6.92 Å². The van der Waals surface area contributed by atoms with Crippen molar-refractivity contribution in [2.45, 2.75) is 6.92 Å². The van der Waals surface area contributed by atoms with Crippen molar-refractivity contribution in [3.8, 4) is 5.75 Å². The Labute approximate surface area is 108 Å². The van der Waals surface area contributed by atoms with Gasteiger partial charge in [0.2, 0.25) is 0 Å². The zero-order chi connectivity index (χ0) is 13.0. The first-order valence-electron chi connectivity index (χ1n) is 4.52. The molecule has 0 saturated carbocycles. The third kappa shape index (κ3) is 3.51. The van der Waals surface area contributed by atoms with Gasteiger partial charge in [0.05, 0.1) is 17.8 Å². The molecule has 1 aromatic carbocycles. The van der Waals surface area contributed by atoms with Gasteiger partial charge in [0.25, 0.3) is 0 Å². The molecule has 7 heteroatoms. The van der Waals surface area contributed by atoms with Crippen molar-refractivity contribution in [1.29, 1.82) is 0 Å². The lowest BCUT2D eigenvalue weighted by Gasteiger charge is -2.06. The number of nitrogens with zero attached hydrogens (tertiary/aromatic N) is 1. The van der Waals surface area contributed by atoms with Crippen LogP contribution in [-0.2, 0) is 4.74 Å². The number of rotatable bonds is 2. The van der Waals surface area contributed by atoms with Gasteiger partial charge < -0.3 is 9.84 Å². The number of carbonyl (C=O) groups is 1. The predicted molar refractivity (Wildman–Crippen MR) is 65.9 cm³/mol. The van der Waals surface area contributed by atoms with Gasteiger partial charge in [-0.3, -0.25) is 0 Å². The molecule has 1 aromatic rings. The molecule has 0 fully saturated rings. The molecule has 0 aliphatic rings. The summed E-state index contributed by atoms with van der Waals surface area (Å²) in [6.45, 7) is 1.58. The van der Waals surface area contributed by atoms with Gasteiger partial charge in [-0.05, 0) is 19.1 Å². The number of benzene rings is 1. The Kier molecular flexibility index (Phi) is 4.60. The largest absolute Gasteiger partial charge is 0.506 e. The predicted octanol–water partition coefficient (Wildman–Crippen LogP) is 2.78. The van der Waals surface area contributed by atoms with E-state index in [1.165, 1.54) is 19.2 Å².